The van der Waals surface area contributed by atoms with Crippen LogP contribution < -0.4 is 5.32 Å². The first-order chi connectivity index (χ1) is 20.3. The predicted octanol–water partition coefficient (Wildman–Crippen LogP) is 5.58. The molecule has 1 aliphatic heterocycles. The largest absolute Gasteiger partial charge is 0.336 e. The third-order valence-corrected chi connectivity index (χ3v) is 8.74. The van der Waals surface area contributed by atoms with E-state index in [1.165, 1.54) is 11.3 Å². The van der Waals surface area contributed by atoms with Crippen LogP contribution in [0.4, 0.5) is 5.69 Å². The summed E-state index contributed by atoms with van der Waals surface area (Å²) >= 11 is 7.69. The number of anilines is 1. The zero-order chi connectivity index (χ0) is 29.2. The van der Waals surface area contributed by atoms with Crippen LogP contribution in [0, 0.1) is 0 Å². The van der Waals surface area contributed by atoms with Crippen LogP contribution in [0.2, 0.25) is 5.02 Å². The average Bonchev–Trinajstić information content (AvgIpc) is 3.68. The number of thiophene rings is 1. The number of amides is 2. The first-order valence-electron chi connectivity index (χ1n) is 13.8. The number of pyridine rings is 1. The molecule has 1 N–H and O–H groups in total. The van der Waals surface area contributed by atoms with Crippen molar-refractivity contribution < 1.29 is 9.59 Å². The van der Waals surface area contributed by atoms with Gasteiger partial charge in [-0.25, -0.2) is 4.68 Å². The van der Waals surface area contributed by atoms with Gasteiger partial charge < -0.3 is 10.2 Å². The molecule has 11 heteroatoms. The standard InChI is InChI=1S/C31H30ClN7O2S/c1-20-15-37(31(41)24-8-9-26(32)28(14-24)34-30(40)29-6-4-12-42-29)16-21(2)39(20)19-25-18-38(36-35-25)17-22-7-10-27-23(13-22)5-3-11-33-27/h3-14,18,20-21H,15-17,19H2,1-2H3,(H,34,40)/t20-,21+. The van der Waals surface area contributed by atoms with Crippen LogP contribution >= 0.6 is 22.9 Å². The number of piperazine rings is 1. The van der Waals surface area contributed by atoms with Crippen molar-refractivity contribution in [1.29, 1.82) is 0 Å². The first kappa shape index (κ1) is 28.0. The Bertz CT molecular complexity index is 1730. The lowest BCUT2D eigenvalue weighted by molar-refractivity contribution is 0.0264. The summed E-state index contributed by atoms with van der Waals surface area (Å²) in [5.74, 6) is -0.341. The van der Waals surface area contributed by atoms with Crippen molar-refractivity contribution in [3.8, 4) is 0 Å². The highest BCUT2D eigenvalue weighted by Gasteiger charge is 2.33. The van der Waals surface area contributed by atoms with Crippen LogP contribution in [0.1, 0.15) is 45.1 Å². The van der Waals surface area contributed by atoms with E-state index >= 15 is 0 Å². The summed E-state index contributed by atoms with van der Waals surface area (Å²) in [6, 6.07) is 19.0. The molecule has 0 radical (unpaired) electrons. The molecule has 0 aliphatic carbocycles. The van der Waals surface area contributed by atoms with Gasteiger partial charge in [0.2, 0.25) is 0 Å². The minimum Gasteiger partial charge on any atom is -0.336 e. The maximum absolute atomic E-state index is 13.5. The van der Waals surface area contributed by atoms with Gasteiger partial charge in [0.25, 0.3) is 11.8 Å². The van der Waals surface area contributed by atoms with Gasteiger partial charge >= 0.3 is 0 Å². The van der Waals surface area contributed by atoms with Crippen LogP contribution in [0.5, 0.6) is 0 Å². The summed E-state index contributed by atoms with van der Waals surface area (Å²) in [5.41, 5.74) is 3.90. The molecule has 2 atom stereocenters. The fourth-order valence-corrected chi connectivity index (χ4v) is 6.23. The fourth-order valence-electron chi connectivity index (χ4n) is 5.45. The number of halogens is 1. The second kappa shape index (κ2) is 12.0. The van der Waals surface area contributed by atoms with Crippen LogP contribution in [0.25, 0.3) is 10.9 Å². The van der Waals surface area contributed by atoms with E-state index < -0.39 is 0 Å². The molecular formula is C31H30ClN7O2S. The summed E-state index contributed by atoms with van der Waals surface area (Å²) in [6.07, 6.45) is 3.79. The number of nitrogens with zero attached hydrogens (tertiary/aromatic N) is 6. The number of fused-ring (bicyclic) bond motifs is 1. The van der Waals surface area contributed by atoms with Gasteiger partial charge in [0.05, 0.1) is 39.5 Å². The lowest BCUT2D eigenvalue weighted by Gasteiger charge is -2.44. The molecular weight excluding hydrogens is 570 g/mol. The Morgan fingerprint density at radius 1 is 1.02 bits per heavy atom. The Labute approximate surface area is 252 Å². The number of rotatable bonds is 7. The lowest BCUT2D eigenvalue weighted by atomic mass is 10.1. The summed E-state index contributed by atoms with van der Waals surface area (Å²) < 4.78 is 1.86. The lowest BCUT2D eigenvalue weighted by Crippen LogP contribution is -2.57. The van der Waals surface area contributed by atoms with Gasteiger partial charge in [-0.2, -0.15) is 0 Å². The quantitative estimate of drug-likeness (QED) is 0.262. The topological polar surface area (TPSA) is 96.2 Å². The van der Waals surface area contributed by atoms with Crippen LogP contribution in [0.15, 0.2) is 78.4 Å². The molecule has 1 saturated heterocycles. The average molecular weight is 600 g/mol. The second-order valence-corrected chi connectivity index (χ2v) is 12.0. The van der Waals surface area contributed by atoms with Crippen molar-refractivity contribution in [2.45, 2.75) is 39.0 Å². The Morgan fingerprint density at radius 2 is 1.86 bits per heavy atom. The Balaban J connectivity index is 1.09. The molecule has 1 aliphatic rings. The van der Waals surface area contributed by atoms with Gasteiger partial charge in [0.1, 0.15) is 0 Å². The van der Waals surface area contributed by atoms with Gasteiger partial charge in [0.15, 0.2) is 0 Å². The van der Waals surface area contributed by atoms with Gasteiger partial charge in [-0.15, -0.1) is 16.4 Å². The first-order valence-corrected chi connectivity index (χ1v) is 15.0. The zero-order valence-electron chi connectivity index (χ0n) is 23.3. The summed E-state index contributed by atoms with van der Waals surface area (Å²) in [5, 5.41) is 14.9. The molecule has 0 unspecified atom stereocenters. The zero-order valence-corrected chi connectivity index (χ0v) is 24.8. The summed E-state index contributed by atoms with van der Waals surface area (Å²) in [7, 11) is 0. The molecule has 0 saturated carbocycles. The van der Waals surface area contributed by atoms with E-state index in [1.807, 2.05) is 39.4 Å². The Morgan fingerprint density at radius 3 is 2.64 bits per heavy atom. The van der Waals surface area contributed by atoms with Gasteiger partial charge in [-0.3, -0.25) is 19.5 Å². The second-order valence-electron chi connectivity index (χ2n) is 10.6. The molecule has 9 nitrogen and oxygen atoms in total. The van der Waals surface area contributed by atoms with E-state index in [1.54, 1.807) is 30.5 Å². The number of benzene rings is 2. The van der Waals surface area contributed by atoms with Crippen molar-refractivity contribution >= 4 is 51.3 Å². The Kier molecular flexibility index (Phi) is 8.01. The smallest absolute Gasteiger partial charge is 0.265 e. The normalized spacial score (nSPS) is 17.5. The van der Waals surface area contributed by atoms with Crippen molar-refractivity contribution in [3.05, 3.63) is 105 Å². The minimum atomic E-state index is -0.251. The molecule has 0 spiro atoms. The maximum Gasteiger partial charge on any atom is 0.265 e. The number of carbonyl (C=O) groups excluding carboxylic acids is 2. The third kappa shape index (κ3) is 6.06. The fraction of sp³-hybridized carbons (Fsp3) is 0.258. The van der Waals surface area contributed by atoms with Crippen LogP contribution in [-0.2, 0) is 13.1 Å². The van der Waals surface area contributed by atoms with Crippen LogP contribution in [0.3, 0.4) is 0 Å². The molecule has 0 bridgehead atoms. The molecule has 1 fully saturated rings. The van der Waals surface area contributed by atoms with E-state index in [-0.39, 0.29) is 23.9 Å². The summed E-state index contributed by atoms with van der Waals surface area (Å²) in [4.78, 5) is 35.3. The maximum atomic E-state index is 13.5. The number of hydrogen-bond donors (Lipinski definition) is 1. The molecule has 3 aromatic heterocycles. The highest BCUT2D eigenvalue weighted by molar-refractivity contribution is 7.12. The molecule has 2 amide bonds. The molecule has 42 heavy (non-hydrogen) atoms. The molecule has 6 rings (SSSR count). The van der Waals surface area contributed by atoms with Crippen molar-refractivity contribution in [1.82, 2.24) is 29.8 Å². The molecule has 214 valence electrons. The number of aromatic nitrogens is 4. The minimum absolute atomic E-state index is 0.0897. The van der Waals surface area contributed by atoms with E-state index in [2.05, 4.69) is 57.6 Å². The van der Waals surface area contributed by atoms with E-state index in [0.717, 1.165) is 22.2 Å². The van der Waals surface area contributed by atoms with E-state index in [4.69, 9.17) is 11.6 Å². The SMILES string of the molecule is C[C@@H]1CN(C(=O)c2ccc(Cl)c(NC(=O)c3cccs3)c2)C[C@H](C)N1Cc1cn(Cc2ccc3ncccc3c2)nn1. The van der Waals surface area contributed by atoms with Gasteiger partial charge in [0, 0.05) is 48.9 Å². The monoisotopic (exact) mass is 599 g/mol. The van der Waals surface area contributed by atoms with E-state index in [0.29, 0.717) is 47.3 Å². The van der Waals surface area contributed by atoms with E-state index in [9.17, 15) is 9.59 Å². The van der Waals surface area contributed by atoms with Crippen LogP contribution in [-0.4, -0.2) is 66.8 Å². The number of hydrogen-bond acceptors (Lipinski definition) is 7. The molecule has 2 aromatic carbocycles. The third-order valence-electron chi connectivity index (χ3n) is 7.54. The highest BCUT2D eigenvalue weighted by atomic mass is 35.5. The molecule has 4 heterocycles. The number of carbonyl (C=O) groups is 2. The van der Waals surface area contributed by atoms with Crippen molar-refractivity contribution in [3.63, 3.8) is 0 Å². The Hall–Kier alpha value is -4.12. The van der Waals surface area contributed by atoms with Crippen molar-refractivity contribution in [2.75, 3.05) is 18.4 Å². The van der Waals surface area contributed by atoms with Crippen molar-refractivity contribution in [2.24, 2.45) is 0 Å². The summed E-state index contributed by atoms with van der Waals surface area (Å²) in [6.45, 7) is 6.66. The number of nitrogens with one attached hydrogen (secondary N) is 1. The van der Waals surface area contributed by atoms with Gasteiger partial charge in [-0.1, -0.05) is 35.0 Å². The van der Waals surface area contributed by atoms with Gasteiger partial charge in [-0.05, 0) is 67.3 Å². The molecule has 5 aromatic rings. The predicted molar refractivity (Wildman–Crippen MR) is 165 cm³/mol. The highest BCUT2D eigenvalue weighted by Crippen LogP contribution is 2.27.